The van der Waals surface area contributed by atoms with Gasteiger partial charge in [-0.15, -0.1) is 0 Å². The Bertz CT molecular complexity index is 435. The number of carbonyl (C=O) groups is 1. The van der Waals surface area contributed by atoms with Crippen LogP contribution < -0.4 is 0 Å². The van der Waals surface area contributed by atoms with Crippen LogP contribution in [0.15, 0.2) is 24.3 Å². The minimum atomic E-state index is -4.41. The molecule has 0 saturated carbocycles. The van der Waals surface area contributed by atoms with E-state index in [1.807, 2.05) is 0 Å². The molecule has 0 unspecified atom stereocenters. The van der Waals surface area contributed by atoms with Crippen LogP contribution in [-0.4, -0.2) is 5.78 Å². The fourth-order valence-electron chi connectivity index (χ4n) is 1.05. The Morgan fingerprint density at radius 1 is 1.38 bits per heavy atom. The summed E-state index contributed by atoms with van der Waals surface area (Å²) in [6.07, 6.45) is -1.98. The number of rotatable bonds is 2. The van der Waals surface area contributed by atoms with Gasteiger partial charge in [-0.05, 0) is 42.8 Å². The summed E-state index contributed by atoms with van der Waals surface area (Å²) < 4.78 is 37.1. The molecule has 0 amide bonds. The molecule has 0 aliphatic rings. The van der Waals surface area contributed by atoms with Gasteiger partial charge in [-0.25, -0.2) is 0 Å². The molecule has 0 aromatic heterocycles. The molecule has 16 heavy (non-hydrogen) atoms. The van der Waals surface area contributed by atoms with Gasteiger partial charge in [-0.3, -0.25) is 4.79 Å². The average molecular weight is 249 g/mol. The maximum atomic E-state index is 12.4. The molecule has 0 bridgehead atoms. The normalized spacial score (nSPS) is 12.1. The molecule has 0 fully saturated rings. The topological polar surface area (TPSA) is 17.1 Å². The SMILES string of the molecule is CC(=O)/C=C/c1cc(C(F)(F)F)ccc1Cl. The lowest BCUT2D eigenvalue weighted by Gasteiger charge is -2.08. The van der Waals surface area contributed by atoms with Crippen molar-refractivity contribution in [3.8, 4) is 0 Å². The summed E-state index contributed by atoms with van der Waals surface area (Å²) in [5.41, 5.74) is -0.619. The Labute approximate surface area is 95.5 Å². The van der Waals surface area contributed by atoms with Gasteiger partial charge in [0.05, 0.1) is 5.56 Å². The van der Waals surface area contributed by atoms with E-state index in [1.54, 1.807) is 0 Å². The number of hydrogen-bond acceptors (Lipinski definition) is 1. The third-order valence-corrected chi connectivity index (χ3v) is 2.17. The molecule has 0 aliphatic heterocycles. The van der Waals surface area contributed by atoms with Crippen molar-refractivity contribution in [3.05, 3.63) is 40.4 Å². The molecule has 0 saturated heterocycles. The summed E-state index contributed by atoms with van der Waals surface area (Å²) in [5.74, 6) is -0.256. The predicted octanol–water partition coefficient (Wildman–Crippen LogP) is 3.96. The Morgan fingerprint density at radius 2 is 2.00 bits per heavy atom. The van der Waals surface area contributed by atoms with Gasteiger partial charge in [0.2, 0.25) is 0 Å². The lowest BCUT2D eigenvalue weighted by Crippen LogP contribution is -2.04. The number of carbonyl (C=O) groups excluding carboxylic acids is 1. The van der Waals surface area contributed by atoms with Crippen LogP contribution in [-0.2, 0) is 11.0 Å². The van der Waals surface area contributed by atoms with E-state index in [0.717, 1.165) is 18.2 Å². The van der Waals surface area contributed by atoms with E-state index in [0.29, 0.717) is 0 Å². The summed E-state index contributed by atoms with van der Waals surface area (Å²) in [5, 5.41) is 0.172. The zero-order chi connectivity index (χ0) is 12.3. The number of hydrogen-bond donors (Lipinski definition) is 0. The first-order valence-corrected chi connectivity index (χ1v) is 4.74. The standard InChI is InChI=1S/C11H8ClF3O/c1-7(16)2-3-8-6-9(11(13,14)15)4-5-10(8)12/h2-6H,1H3/b3-2+. The van der Waals surface area contributed by atoms with Crippen molar-refractivity contribution in [2.45, 2.75) is 13.1 Å². The van der Waals surface area contributed by atoms with Gasteiger partial charge < -0.3 is 0 Å². The lowest BCUT2D eigenvalue weighted by atomic mass is 10.1. The highest BCUT2D eigenvalue weighted by Crippen LogP contribution is 2.32. The van der Waals surface area contributed by atoms with Crippen LogP contribution >= 0.6 is 11.6 Å². The third-order valence-electron chi connectivity index (χ3n) is 1.82. The zero-order valence-electron chi connectivity index (χ0n) is 8.31. The average Bonchev–Trinajstić information content (AvgIpc) is 2.14. The van der Waals surface area contributed by atoms with Crippen LogP contribution in [0.2, 0.25) is 5.02 Å². The molecule has 1 nitrogen and oxygen atoms in total. The summed E-state index contributed by atoms with van der Waals surface area (Å²) in [4.78, 5) is 10.7. The van der Waals surface area contributed by atoms with Gasteiger partial charge in [-0.2, -0.15) is 13.2 Å². The maximum Gasteiger partial charge on any atom is 0.416 e. The smallest absolute Gasteiger partial charge is 0.295 e. The van der Waals surface area contributed by atoms with Crippen molar-refractivity contribution in [1.29, 1.82) is 0 Å². The highest BCUT2D eigenvalue weighted by molar-refractivity contribution is 6.32. The van der Waals surface area contributed by atoms with Crippen LogP contribution in [0.3, 0.4) is 0 Å². The minimum Gasteiger partial charge on any atom is -0.295 e. The number of alkyl halides is 3. The van der Waals surface area contributed by atoms with Gasteiger partial charge in [0.25, 0.3) is 0 Å². The molecule has 5 heteroatoms. The van der Waals surface area contributed by atoms with Gasteiger partial charge in [0, 0.05) is 5.02 Å². The van der Waals surface area contributed by atoms with Gasteiger partial charge in [0.15, 0.2) is 5.78 Å². The van der Waals surface area contributed by atoms with Crippen LogP contribution in [0, 0.1) is 0 Å². The van der Waals surface area contributed by atoms with Gasteiger partial charge >= 0.3 is 6.18 Å². The maximum absolute atomic E-state index is 12.4. The Balaban J connectivity index is 3.14. The molecule has 0 aliphatic carbocycles. The monoisotopic (exact) mass is 248 g/mol. The molecule has 1 rings (SSSR count). The largest absolute Gasteiger partial charge is 0.416 e. The van der Waals surface area contributed by atoms with Crippen molar-refractivity contribution in [1.82, 2.24) is 0 Å². The summed E-state index contributed by atoms with van der Waals surface area (Å²) in [6.45, 7) is 1.30. The van der Waals surface area contributed by atoms with Crippen molar-refractivity contribution in [2.75, 3.05) is 0 Å². The second kappa shape index (κ2) is 4.70. The van der Waals surface area contributed by atoms with E-state index in [2.05, 4.69) is 0 Å². The number of halogens is 4. The molecule has 0 radical (unpaired) electrons. The van der Waals surface area contributed by atoms with E-state index >= 15 is 0 Å². The van der Waals surface area contributed by atoms with Crippen LogP contribution in [0.4, 0.5) is 13.2 Å². The Morgan fingerprint density at radius 3 is 2.50 bits per heavy atom. The third kappa shape index (κ3) is 3.38. The number of ketones is 1. The molecule has 0 spiro atoms. The molecular weight excluding hydrogens is 241 g/mol. The highest BCUT2D eigenvalue weighted by atomic mass is 35.5. The van der Waals surface area contributed by atoms with Crippen LogP contribution in [0.25, 0.3) is 6.08 Å². The number of allylic oxidation sites excluding steroid dienone is 1. The van der Waals surface area contributed by atoms with Crippen LogP contribution in [0.1, 0.15) is 18.1 Å². The summed E-state index contributed by atoms with van der Waals surface area (Å²) >= 11 is 5.70. The molecule has 0 N–H and O–H groups in total. The minimum absolute atomic E-state index is 0.172. The first-order valence-electron chi connectivity index (χ1n) is 4.36. The van der Waals surface area contributed by atoms with Crippen molar-refractivity contribution in [2.24, 2.45) is 0 Å². The van der Waals surface area contributed by atoms with Crippen molar-refractivity contribution in [3.63, 3.8) is 0 Å². The van der Waals surface area contributed by atoms with Crippen molar-refractivity contribution < 1.29 is 18.0 Å². The summed E-state index contributed by atoms with van der Waals surface area (Å²) in [6, 6.07) is 2.96. The zero-order valence-corrected chi connectivity index (χ0v) is 9.06. The van der Waals surface area contributed by atoms with Gasteiger partial charge in [-0.1, -0.05) is 11.6 Å². The van der Waals surface area contributed by atoms with E-state index < -0.39 is 11.7 Å². The Kier molecular flexibility index (Phi) is 3.75. The Hall–Kier alpha value is -1.29. The quantitative estimate of drug-likeness (QED) is 0.724. The molecule has 1 aromatic rings. The fourth-order valence-corrected chi connectivity index (χ4v) is 1.24. The second-order valence-corrected chi connectivity index (χ2v) is 3.59. The van der Waals surface area contributed by atoms with E-state index in [4.69, 9.17) is 11.6 Å². The lowest BCUT2D eigenvalue weighted by molar-refractivity contribution is -0.137. The molecule has 0 atom stereocenters. The number of benzene rings is 1. The predicted molar refractivity (Wildman–Crippen MR) is 56.2 cm³/mol. The van der Waals surface area contributed by atoms with Crippen LogP contribution in [0.5, 0.6) is 0 Å². The molecule has 1 aromatic carbocycles. The van der Waals surface area contributed by atoms with E-state index in [-0.39, 0.29) is 16.4 Å². The first-order chi connectivity index (χ1) is 7.30. The molecular formula is C11H8ClF3O. The second-order valence-electron chi connectivity index (χ2n) is 3.18. The van der Waals surface area contributed by atoms with Crippen molar-refractivity contribution >= 4 is 23.5 Å². The first kappa shape index (κ1) is 12.8. The van der Waals surface area contributed by atoms with E-state index in [1.165, 1.54) is 19.1 Å². The highest BCUT2D eigenvalue weighted by Gasteiger charge is 2.30. The molecule has 0 heterocycles. The van der Waals surface area contributed by atoms with Gasteiger partial charge in [0.1, 0.15) is 0 Å². The fraction of sp³-hybridized carbons (Fsp3) is 0.182. The summed E-state index contributed by atoms with van der Waals surface area (Å²) in [7, 11) is 0. The van der Waals surface area contributed by atoms with E-state index in [9.17, 15) is 18.0 Å². The molecule has 86 valence electrons.